The lowest BCUT2D eigenvalue weighted by Gasteiger charge is -2.11. The molecule has 0 fully saturated rings. The van der Waals surface area contributed by atoms with Gasteiger partial charge in [-0.3, -0.25) is 0 Å². The van der Waals surface area contributed by atoms with Gasteiger partial charge in [-0.1, -0.05) is 0 Å². The number of carbonyl (C=O) groups excluding carboxylic acids is 3. The maximum atomic E-state index is 12.5. The van der Waals surface area contributed by atoms with E-state index in [1.165, 1.54) is 0 Å². The standard InChI is InChI=1S/C33H24N6O6/c1-4-43-31(40)16-7-10-19-22(13-16)37-28-25(34-19)29-27(36-21-12-9-18(15-24(21)38-29)33(42)45-6-3)30-26(28)35-20-11-8-17(14-23(20)39-30)32(41)44-5-2/h7-15H,4-6H2,1-3H3. The van der Waals surface area contributed by atoms with Crippen LogP contribution in [-0.2, 0) is 14.2 Å². The SMILES string of the molecule is CCOC(=O)c1ccc2nc3c4nc5cc(C(=O)OCC)ccc5nc4c4nc5cc(C(=O)OCC)ccc5nc4c3nc2c1. The van der Waals surface area contributed by atoms with E-state index in [0.717, 1.165) is 0 Å². The van der Waals surface area contributed by atoms with E-state index in [0.29, 0.717) is 82.9 Å². The van der Waals surface area contributed by atoms with E-state index < -0.39 is 17.9 Å². The fraction of sp³-hybridized carbons (Fsp3) is 0.182. The minimum atomic E-state index is -0.470. The fourth-order valence-corrected chi connectivity index (χ4v) is 5.18. The molecular weight excluding hydrogens is 576 g/mol. The molecule has 0 amide bonds. The second-order valence-electron chi connectivity index (χ2n) is 10.0. The quantitative estimate of drug-likeness (QED) is 0.102. The molecule has 0 saturated carbocycles. The van der Waals surface area contributed by atoms with Crippen molar-refractivity contribution in [2.45, 2.75) is 20.8 Å². The van der Waals surface area contributed by atoms with Crippen molar-refractivity contribution in [1.29, 1.82) is 0 Å². The number of aromatic nitrogens is 6. The maximum absolute atomic E-state index is 12.5. The molecule has 222 valence electrons. The van der Waals surface area contributed by atoms with Crippen LogP contribution in [0.4, 0.5) is 0 Å². The highest BCUT2D eigenvalue weighted by Crippen LogP contribution is 2.33. The minimum absolute atomic E-state index is 0.238. The Labute approximate surface area is 254 Å². The monoisotopic (exact) mass is 600 g/mol. The van der Waals surface area contributed by atoms with Gasteiger partial charge in [0.1, 0.15) is 33.1 Å². The first kappa shape index (κ1) is 27.9. The molecule has 0 saturated heterocycles. The van der Waals surface area contributed by atoms with Crippen molar-refractivity contribution in [2.24, 2.45) is 0 Å². The van der Waals surface area contributed by atoms with Gasteiger partial charge in [-0.25, -0.2) is 44.3 Å². The number of rotatable bonds is 6. The highest BCUT2D eigenvalue weighted by atomic mass is 16.5. The van der Waals surface area contributed by atoms with Crippen molar-refractivity contribution in [3.63, 3.8) is 0 Å². The third kappa shape index (κ3) is 4.76. The summed E-state index contributed by atoms with van der Waals surface area (Å²) in [5.41, 5.74) is 6.36. The van der Waals surface area contributed by atoms with Gasteiger partial charge in [0, 0.05) is 0 Å². The van der Waals surface area contributed by atoms with Gasteiger partial charge >= 0.3 is 17.9 Å². The van der Waals surface area contributed by atoms with Crippen molar-refractivity contribution >= 4 is 84.1 Å². The summed E-state index contributed by atoms with van der Waals surface area (Å²) in [4.78, 5) is 66.8. The molecule has 0 unspecified atom stereocenters. The lowest BCUT2D eigenvalue weighted by Crippen LogP contribution is -2.06. The highest BCUT2D eigenvalue weighted by molar-refractivity contribution is 6.21. The van der Waals surface area contributed by atoms with E-state index in [9.17, 15) is 14.4 Å². The third-order valence-corrected chi connectivity index (χ3v) is 7.20. The molecule has 45 heavy (non-hydrogen) atoms. The molecule has 0 N–H and O–H groups in total. The van der Waals surface area contributed by atoms with Crippen LogP contribution in [0.15, 0.2) is 54.6 Å². The van der Waals surface area contributed by atoms with Crippen LogP contribution in [0.2, 0.25) is 0 Å². The van der Waals surface area contributed by atoms with Gasteiger partial charge in [0.2, 0.25) is 0 Å². The van der Waals surface area contributed by atoms with Gasteiger partial charge < -0.3 is 14.2 Å². The first-order valence-electron chi connectivity index (χ1n) is 14.4. The lowest BCUT2D eigenvalue weighted by molar-refractivity contribution is 0.0517. The third-order valence-electron chi connectivity index (χ3n) is 7.20. The highest BCUT2D eigenvalue weighted by Gasteiger charge is 2.21. The first-order chi connectivity index (χ1) is 21.9. The summed E-state index contributed by atoms with van der Waals surface area (Å²) in [7, 11) is 0. The van der Waals surface area contributed by atoms with Gasteiger partial charge in [-0.05, 0) is 75.4 Å². The molecule has 0 aliphatic heterocycles. The van der Waals surface area contributed by atoms with E-state index in [1.807, 2.05) is 0 Å². The Morgan fingerprint density at radius 1 is 0.422 bits per heavy atom. The Balaban J connectivity index is 1.57. The van der Waals surface area contributed by atoms with Gasteiger partial charge in [0.25, 0.3) is 0 Å². The van der Waals surface area contributed by atoms with Crippen LogP contribution in [-0.4, -0.2) is 67.6 Å². The molecule has 0 spiro atoms. The Morgan fingerprint density at radius 2 is 0.667 bits per heavy atom. The van der Waals surface area contributed by atoms with E-state index in [4.69, 9.17) is 44.1 Å². The molecule has 0 bridgehead atoms. The van der Waals surface area contributed by atoms with Gasteiger partial charge in [-0.2, -0.15) is 0 Å². The van der Waals surface area contributed by atoms with E-state index in [2.05, 4.69) is 0 Å². The van der Waals surface area contributed by atoms with Crippen molar-refractivity contribution in [3.8, 4) is 0 Å². The zero-order valence-electron chi connectivity index (χ0n) is 24.5. The van der Waals surface area contributed by atoms with Crippen molar-refractivity contribution in [2.75, 3.05) is 19.8 Å². The summed E-state index contributed by atoms with van der Waals surface area (Å²) in [6.45, 7) is 5.93. The number of hydrogen-bond donors (Lipinski definition) is 0. The largest absolute Gasteiger partial charge is 0.462 e. The van der Waals surface area contributed by atoms with Crippen LogP contribution in [0.5, 0.6) is 0 Å². The Hall–Kier alpha value is -5.91. The molecule has 0 aliphatic carbocycles. The number of nitrogens with zero attached hydrogens (tertiary/aromatic N) is 6. The molecule has 7 aromatic rings. The number of benzene rings is 4. The van der Waals surface area contributed by atoms with Crippen LogP contribution >= 0.6 is 0 Å². The zero-order valence-corrected chi connectivity index (χ0v) is 24.5. The number of carbonyl (C=O) groups is 3. The lowest BCUT2D eigenvalue weighted by atomic mass is 10.1. The van der Waals surface area contributed by atoms with E-state index in [-0.39, 0.29) is 19.8 Å². The van der Waals surface area contributed by atoms with Crippen LogP contribution < -0.4 is 0 Å². The molecular formula is C33H24N6O6. The summed E-state index contributed by atoms with van der Waals surface area (Å²) in [5, 5.41) is 0. The van der Waals surface area contributed by atoms with Crippen molar-refractivity contribution < 1.29 is 28.6 Å². The number of esters is 3. The molecule has 4 aromatic carbocycles. The molecule has 0 aliphatic rings. The van der Waals surface area contributed by atoms with Crippen molar-refractivity contribution in [3.05, 3.63) is 71.3 Å². The Bertz CT molecular complexity index is 2100. The smallest absolute Gasteiger partial charge is 0.338 e. The average molecular weight is 601 g/mol. The summed E-state index contributed by atoms with van der Waals surface area (Å²) < 4.78 is 15.5. The summed E-state index contributed by atoms with van der Waals surface area (Å²) in [6.07, 6.45) is 0. The molecule has 3 aromatic heterocycles. The number of hydrogen-bond acceptors (Lipinski definition) is 12. The Kier molecular flexibility index (Phi) is 6.80. The van der Waals surface area contributed by atoms with E-state index in [1.54, 1.807) is 75.4 Å². The summed E-state index contributed by atoms with van der Waals surface area (Å²) in [6, 6.07) is 14.8. The fourth-order valence-electron chi connectivity index (χ4n) is 5.18. The maximum Gasteiger partial charge on any atom is 0.338 e. The summed E-state index contributed by atoms with van der Waals surface area (Å²) in [5.74, 6) is -1.41. The van der Waals surface area contributed by atoms with Crippen LogP contribution in [0.3, 0.4) is 0 Å². The molecule has 12 heteroatoms. The van der Waals surface area contributed by atoms with Crippen LogP contribution in [0.25, 0.3) is 66.2 Å². The van der Waals surface area contributed by atoms with Gasteiger partial charge in [-0.15, -0.1) is 0 Å². The van der Waals surface area contributed by atoms with Crippen molar-refractivity contribution in [1.82, 2.24) is 29.9 Å². The number of fused-ring (bicyclic) bond motifs is 9. The van der Waals surface area contributed by atoms with E-state index >= 15 is 0 Å². The topological polar surface area (TPSA) is 156 Å². The minimum Gasteiger partial charge on any atom is -0.462 e. The predicted octanol–water partition coefficient (Wildman–Crippen LogP) is 5.51. The second kappa shape index (κ2) is 11.0. The van der Waals surface area contributed by atoms with Gasteiger partial charge in [0.15, 0.2) is 0 Å². The molecule has 3 heterocycles. The summed E-state index contributed by atoms with van der Waals surface area (Å²) >= 11 is 0. The average Bonchev–Trinajstić information content (AvgIpc) is 3.05. The first-order valence-corrected chi connectivity index (χ1v) is 14.4. The number of ether oxygens (including phenoxy) is 3. The molecule has 12 nitrogen and oxygen atoms in total. The normalized spacial score (nSPS) is 11.5. The van der Waals surface area contributed by atoms with Crippen LogP contribution in [0.1, 0.15) is 51.8 Å². The molecule has 0 atom stereocenters. The molecule has 0 radical (unpaired) electrons. The zero-order chi connectivity index (χ0) is 31.2. The second-order valence-corrected chi connectivity index (χ2v) is 10.0. The Morgan fingerprint density at radius 3 is 0.911 bits per heavy atom. The van der Waals surface area contributed by atoms with Gasteiger partial charge in [0.05, 0.1) is 69.6 Å². The molecule has 7 rings (SSSR count). The van der Waals surface area contributed by atoms with Crippen LogP contribution in [0, 0.1) is 0 Å². The predicted molar refractivity (Wildman–Crippen MR) is 166 cm³/mol.